The number of hydrogen-bond donors (Lipinski definition) is 1. The molecule has 1 rings (SSSR count). The van der Waals surface area contributed by atoms with Crippen LogP contribution in [-0.2, 0) is 4.79 Å². The van der Waals surface area contributed by atoms with Crippen molar-refractivity contribution in [2.24, 2.45) is 11.8 Å². The van der Waals surface area contributed by atoms with Gasteiger partial charge in [-0.2, -0.15) is 0 Å². The molecule has 1 unspecified atom stereocenters. The summed E-state index contributed by atoms with van der Waals surface area (Å²) >= 11 is 0. The molecule has 1 aliphatic rings. The molecule has 1 atom stereocenters. The van der Waals surface area contributed by atoms with Gasteiger partial charge in [-0.15, -0.1) is 0 Å². The van der Waals surface area contributed by atoms with E-state index in [9.17, 15) is 4.79 Å². The summed E-state index contributed by atoms with van der Waals surface area (Å²) in [6.07, 6.45) is 10.7. The Kier molecular flexibility index (Phi) is 5.58. The van der Waals surface area contributed by atoms with E-state index in [4.69, 9.17) is 5.11 Å². The maximum atomic E-state index is 10.8. The monoisotopic (exact) mass is 224 g/mol. The van der Waals surface area contributed by atoms with E-state index in [0.29, 0.717) is 5.92 Å². The van der Waals surface area contributed by atoms with Crippen molar-refractivity contribution in [3.05, 3.63) is 11.6 Å². The van der Waals surface area contributed by atoms with E-state index >= 15 is 0 Å². The molecule has 0 aromatic heterocycles. The first kappa shape index (κ1) is 13.3. The first-order valence-electron chi connectivity index (χ1n) is 6.55. The number of aliphatic carboxylic acids is 1. The summed E-state index contributed by atoms with van der Waals surface area (Å²) in [5.41, 5.74) is 1.34. The Labute approximate surface area is 98.7 Å². The summed E-state index contributed by atoms with van der Waals surface area (Å²) in [7, 11) is 0. The lowest BCUT2D eigenvalue weighted by Gasteiger charge is -2.20. The second-order valence-corrected chi connectivity index (χ2v) is 5.02. The third kappa shape index (κ3) is 4.38. The minimum absolute atomic E-state index is 0.241. The highest BCUT2D eigenvalue weighted by Gasteiger charge is 2.15. The maximum absolute atomic E-state index is 10.8. The van der Waals surface area contributed by atoms with Crippen molar-refractivity contribution in [3.63, 3.8) is 0 Å². The van der Waals surface area contributed by atoms with Crippen LogP contribution in [0.3, 0.4) is 0 Å². The van der Waals surface area contributed by atoms with Gasteiger partial charge in [-0.1, -0.05) is 44.8 Å². The first-order valence-corrected chi connectivity index (χ1v) is 6.55. The second-order valence-electron chi connectivity index (χ2n) is 5.02. The van der Waals surface area contributed by atoms with Gasteiger partial charge in [0.1, 0.15) is 0 Å². The molecule has 2 nitrogen and oxygen atoms in total. The third-order valence-electron chi connectivity index (χ3n) is 3.57. The Morgan fingerprint density at radius 2 is 2.00 bits per heavy atom. The molecule has 0 saturated heterocycles. The summed E-state index contributed by atoms with van der Waals surface area (Å²) < 4.78 is 0. The number of rotatable bonds is 5. The fourth-order valence-corrected chi connectivity index (χ4v) is 2.44. The Balaban J connectivity index is 2.51. The molecule has 2 heteroatoms. The number of carboxylic acid groups (broad SMARTS) is 1. The van der Waals surface area contributed by atoms with Crippen LogP contribution in [-0.4, -0.2) is 11.1 Å². The van der Waals surface area contributed by atoms with Crippen molar-refractivity contribution in [2.75, 3.05) is 0 Å². The minimum atomic E-state index is -0.678. The number of carbonyl (C=O) groups is 1. The van der Waals surface area contributed by atoms with Crippen LogP contribution in [0.15, 0.2) is 11.6 Å². The molecular weight excluding hydrogens is 200 g/mol. The summed E-state index contributed by atoms with van der Waals surface area (Å²) in [6.45, 7) is 3.93. The minimum Gasteiger partial charge on any atom is -0.481 e. The van der Waals surface area contributed by atoms with E-state index < -0.39 is 5.97 Å². The lowest BCUT2D eigenvalue weighted by Crippen LogP contribution is -2.11. The van der Waals surface area contributed by atoms with Crippen LogP contribution in [0, 0.1) is 11.8 Å². The average Bonchev–Trinajstić information content (AvgIpc) is 2.29. The van der Waals surface area contributed by atoms with E-state index in [1.807, 2.05) is 0 Å². The van der Waals surface area contributed by atoms with Gasteiger partial charge in [-0.25, -0.2) is 0 Å². The molecular formula is C14H24O2. The van der Waals surface area contributed by atoms with Crippen LogP contribution in [0.1, 0.15) is 58.8 Å². The van der Waals surface area contributed by atoms with Gasteiger partial charge in [0.05, 0.1) is 5.92 Å². The van der Waals surface area contributed by atoms with E-state index in [-0.39, 0.29) is 5.92 Å². The molecule has 0 aromatic carbocycles. The molecule has 1 aliphatic carbocycles. The average molecular weight is 224 g/mol. The number of allylic oxidation sites excluding steroid dienone is 2. The van der Waals surface area contributed by atoms with Gasteiger partial charge >= 0.3 is 5.97 Å². The zero-order valence-electron chi connectivity index (χ0n) is 10.5. The van der Waals surface area contributed by atoms with Gasteiger partial charge in [-0.3, -0.25) is 4.79 Å². The summed E-state index contributed by atoms with van der Waals surface area (Å²) in [6, 6.07) is 0. The number of hydrogen-bond acceptors (Lipinski definition) is 1. The van der Waals surface area contributed by atoms with Crippen LogP contribution in [0.5, 0.6) is 0 Å². The normalized spacial score (nSPS) is 20.8. The molecule has 1 fully saturated rings. The lowest BCUT2D eigenvalue weighted by molar-refractivity contribution is -0.141. The predicted octanol–water partition coefficient (Wildman–Crippen LogP) is 4.01. The van der Waals surface area contributed by atoms with E-state index in [1.165, 1.54) is 37.7 Å². The Morgan fingerprint density at radius 1 is 1.38 bits per heavy atom. The van der Waals surface area contributed by atoms with Crippen LogP contribution in [0.2, 0.25) is 0 Å². The van der Waals surface area contributed by atoms with Gasteiger partial charge in [0.2, 0.25) is 0 Å². The highest BCUT2D eigenvalue weighted by molar-refractivity contribution is 5.69. The molecule has 1 saturated carbocycles. The zero-order valence-corrected chi connectivity index (χ0v) is 10.5. The fraction of sp³-hybridized carbons (Fsp3) is 0.786. The molecule has 0 radical (unpaired) electrons. The van der Waals surface area contributed by atoms with Crippen LogP contribution < -0.4 is 0 Å². The standard InChI is InChI=1S/C14H24O2/c1-3-12(9-11(2)14(15)16)10-13-7-5-4-6-8-13/h10-11,13H,3-9H2,1-2H3,(H,15,16)/b12-10-. The van der Waals surface area contributed by atoms with Gasteiger partial charge in [0, 0.05) is 0 Å². The van der Waals surface area contributed by atoms with Gasteiger partial charge in [0.25, 0.3) is 0 Å². The second kappa shape index (κ2) is 6.72. The highest BCUT2D eigenvalue weighted by Crippen LogP contribution is 2.27. The van der Waals surface area contributed by atoms with Crippen molar-refractivity contribution in [3.8, 4) is 0 Å². The SMILES string of the molecule is CC/C(=C/C1CCCCC1)CC(C)C(=O)O. The predicted molar refractivity (Wildman–Crippen MR) is 66.4 cm³/mol. The molecule has 0 aliphatic heterocycles. The smallest absolute Gasteiger partial charge is 0.306 e. The molecule has 16 heavy (non-hydrogen) atoms. The topological polar surface area (TPSA) is 37.3 Å². The summed E-state index contributed by atoms with van der Waals surface area (Å²) in [5.74, 6) is -0.206. The van der Waals surface area contributed by atoms with Crippen molar-refractivity contribution in [1.29, 1.82) is 0 Å². The van der Waals surface area contributed by atoms with Crippen LogP contribution >= 0.6 is 0 Å². The summed E-state index contributed by atoms with van der Waals surface area (Å²) in [4.78, 5) is 10.8. The van der Waals surface area contributed by atoms with Crippen molar-refractivity contribution in [1.82, 2.24) is 0 Å². The van der Waals surface area contributed by atoms with Gasteiger partial charge in [0.15, 0.2) is 0 Å². The van der Waals surface area contributed by atoms with Gasteiger partial charge in [-0.05, 0) is 31.6 Å². The third-order valence-corrected chi connectivity index (χ3v) is 3.57. The van der Waals surface area contributed by atoms with Crippen molar-refractivity contribution < 1.29 is 9.90 Å². The Hall–Kier alpha value is -0.790. The van der Waals surface area contributed by atoms with Crippen molar-refractivity contribution in [2.45, 2.75) is 58.8 Å². The Morgan fingerprint density at radius 3 is 2.50 bits per heavy atom. The van der Waals surface area contributed by atoms with E-state index in [1.54, 1.807) is 6.92 Å². The molecule has 92 valence electrons. The van der Waals surface area contributed by atoms with E-state index in [0.717, 1.165) is 12.8 Å². The quantitative estimate of drug-likeness (QED) is 0.716. The van der Waals surface area contributed by atoms with Crippen molar-refractivity contribution >= 4 is 5.97 Å². The molecule has 0 heterocycles. The molecule has 0 spiro atoms. The summed E-state index contributed by atoms with van der Waals surface area (Å²) in [5, 5.41) is 8.91. The molecule has 0 aromatic rings. The lowest BCUT2D eigenvalue weighted by atomic mass is 9.86. The van der Waals surface area contributed by atoms with Crippen LogP contribution in [0.4, 0.5) is 0 Å². The number of carboxylic acids is 1. The maximum Gasteiger partial charge on any atom is 0.306 e. The van der Waals surface area contributed by atoms with Crippen LogP contribution in [0.25, 0.3) is 0 Å². The molecule has 1 N–H and O–H groups in total. The zero-order chi connectivity index (χ0) is 12.0. The Bertz CT molecular complexity index is 249. The first-order chi connectivity index (χ1) is 7.63. The molecule has 0 amide bonds. The fourth-order valence-electron chi connectivity index (χ4n) is 2.44. The van der Waals surface area contributed by atoms with E-state index in [2.05, 4.69) is 13.0 Å². The molecule has 0 bridgehead atoms. The highest BCUT2D eigenvalue weighted by atomic mass is 16.4. The van der Waals surface area contributed by atoms with Gasteiger partial charge < -0.3 is 5.11 Å². The largest absolute Gasteiger partial charge is 0.481 e.